The Labute approximate surface area is 174 Å². The van der Waals surface area contributed by atoms with Crippen LogP contribution >= 0.6 is 11.3 Å². The highest BCUT2D eigenvalue weighted by Gasteiger charge is 2.36. The Bertz CT molecular complexity index is 1250. The van der Waals surface area contributed by atoms with Crippen LogP contribution in [0.1, 0.15) is 23.9 Å². The maximum Gasteiger partial charge on any atom is 0.279 e. The summed E-state index contributed by atoms with van der Waals surface area (Å²) in [6, 6.07) is 8.19. The van der Waals surface area contributed by atoms with Crippen LogP contribution in [-0.4, -0.2) is 47.8 Å². The lowest BCUT2D eigenvalue weighted by Crippen LogP contribution is -2.54. The molecule has 7 nitrogen and oxygen atoms in total. The second kappa shape index (κ2) is 7.23. The molecule has 1 aliphatic rings. The van der Waals surface area contributed by atoms with E-state index in [1.54, 1.807) is 13.8 Å². The van der Waals surface area contributed by atoms with Crippen molar-refractivity contribution in [2.24, 2.45) is 0 Å². The van der Waals surface area contributed by atoms with Gasteiger partial charge in [0.1, 0.15) is 0 Å². The number of benzene rings is 1. The lowest BCUT2D eigenvalue weighted by Gasteiger charge is -2.40. The van der Waals surface area contributed by atoms with Crippen LogP contribution in [0.4, 0.5) is 5.69 Å². The summed E-state index contributed by atoms with van der Waals surface area (Å²) in [7, 11) is -3.94. The molecule has 0 aliphatic carbocycles. The molecule has 0 amide bonds. The summed E-state index contributed by atoms with van der Waals surface area (Å²) in [5.41, 5.74) is 2.68. The highest BCUT2D eigenvalue weighted by atomic mass is 32.2. The molecule has 29 heavy (non-hydrogen) atoms. The van der Waals surface area contributed by atoms with Crippen LogP contribution in [0.15, 0.2) is 39.3 Å². The standard InChI is InChI=1S/C20H24N4O3S2/c1-13-6-5-7-17(10-13)23-9-8-22(11-14(23)2)29(26,27)18-16(4)21-20-24(19(18)25)15(3)12-28-20/h5-7,10,12,14H,8-9,11H2,1-4H3/t14-/m0/s1. The van der Waals surface area contributed by atoms with E-state index in [9.17, 15) is 13.2 Å². The number of thiazole rings is 1. The Morgan fingerprint density at radius 3 is 2.62 bits per heavy atom. The van der Waals surface area contributed by atoms with Gasteiger partial charge < -0.3 is 4.90 Å². The van der Waals surface area contributed by atoms with Gasteiger partial charge >= 0.3 is 0 Å². The predicted octanol–water partition coefficient (Wildman–Crippen LogP) is 2.58. The van der Waals surface area contributed by atoms with Gasteiger partial charge in [-0.05, 0) is 45.4 Å². The van der Waals surface area contributed by atoms with Gasteiger partial charge in [-0.2, -0.15) is 4.31 Å². The molecule has 9 heteroatoms. The van der Waals surface area contributed by atoms with Crippen LogP contribution in [0.2, 0.25) is 0 Å². The zero-order chi connectivity index (χ0) is 20.9. The number of rotatable bonds is 3. The fourth-order valence-corrected chi connectivity index (χ4v) is 6.55. The third kappa shape index (κ3) is 3.37. The average molecular weight is 433 g/mol. The Balaban J connectivity index is 1.68. The minimum atomic E-state index is -3.94. The molecule has 0 radical (unpaired) electrons. The van der Waals surface area contributed by atoms with Gasteiger partial charge in [-0.1, -0.05) is 12.1 Å². The zero-order valence-corrected chi connectivity index (χ0v) is 18.5. The van der Waals surface area contributed by atoms with Crippen LogP contribution in [0.5, 0.6) is 0 Å². The molecule has 1 fully saturated rings. The minimum Gasteiger partial charge on any atom is -0.366 e. The van der Waals surface area contributed by atoms with Crippen molar-refractivity contribution in [2.45, 2.75) is 38.6 Å². The number of aryl methyl sites for hydroxylation is 3. The van der Waals surface area contributed by atoms with Gasteiger partial charge in [-0.25, -0.2) is 13.4 Å². The largest absolute Gasteiger partial charge is 0.366 e. The normalized spacial score (nSPS) is 18.5. The zero-order valence-electron chi connectivity index (χ0n) is 16.9. The number of fused-ring (bicyclic) bond motifs is 1. The molecule has 154 valence electrons. The van der Waals surface area contributed by atoms with Gasteiger partial charge in [0, 0.05) is 42.4 Å². The molecule has 0 spiro atoms. The van der Waals surface area contributed by atoms with Crippen molar-refractivity contribution in [2.75, 3.05) is 24.5 Å². The number of piperazine rings is 1. The fraction of sp³-hybridized carbons (Fsp3) is 0.400. The molecule has 0 N–H and O–H groups in total. The van der Waals surface area contributed by atoms with Crippen molar-refractivity contribution in [3.05, 3.63) is 57.0 Å². The number of hydrogen-bond donors (Lipinski definition) is 0. The van der Waals surface area contributed by atoms with E-state index in [0.717, 1.165) is 5.69 Å². The molecule has 1 saturated heterocycles. The number of aromatic nitrogens is 2. The number of hydrogen-bond acceptors (Lipinski definition) is 6. The van der Waals surface area contributed by atoms with Crippen molar-refractivity contribution >= 4 is 32.0 Å². The van der Waals surface area contributed by atoms with Crippen molar-refractivity contribution in [1.29, 1.82) is 0 Å². The summed E-state index contributed by atoms with van der Waals surface area (Å²) in [5, 5.41) is 1.81. The van der Waals surface area contributed by atoms with Gasteiger partial charge in [0.05, 0.1) is 5.69 Å². The monoisotopic (exact) mass is 432 g/mol. The second-order valence-electron chi connectivity index (χ2n) is 7.57. The van der Waals surface area contributed by atoms with E-state index in [1.807, 2.05) is 37.4 Å². The van der Waals surface area contributed by atoms with E-state index in [2.05, 4.69) is 16.0 Å². The van der Waals surface area contributed by atoms with E-state index in [-0.39, 0.29) is 16.6 Å². The molecule has 1 aromatic carbocycles. The quantitative estimate of drug-likeness (QED) is 0.636. The first-order chi connectivity index (χ1) is 13.7. The van der Waals surface area contributed by atoms with Gasteiger partial charge in [-0.15, -0.1) is 11.3 Å². The van der Waals surface area contributed by atoms with Crippen LogP contribution in [0.3, 0.4) is 0 Å². The maximum atomic E-state index is 13.4. The highest BCUT2D eigenvalue weighted by Crippen LogP contribution is 2.25. The Morgan fingerprint density at radius 2 is 1.93 bits per heavy atom. The van der Waals surface area contributed by atoms with Gasteiger partial charge in [-0.3, -0.25) is 9.20 Å². The number of nitrogens with zero attached hydrogens (tertiary/aromatic N) is 4. The first-order valence-corrected chi connectivity index (χ1v) is 11.8. The molecular formula is C20H24N4O3S2. The third-order valence-electron chi connectivity index (χ3n) is 5.39. The third-order valence-corrected chi connectivity index (χ3v) is 8.33. The van der Waals surface area contributed by atoms with Crippen molar-refractivity contribution < 1.29 is 8.42 Å². The molecular weight excluding hydrogens is 408 g/mol. The van der Waals surface area contributed by atoms with E-state index in [1.165, 1.54) is 25.6 Å². The fourth-order valence-electron chi connectivity index (χ4n) is 3.93. The SMILES string of the molecule is Cc1cccc(N2CCN(S(=O)(=O)c3c(C)nc4scc(C)n4c3=O)C[C@@H]2C)c1. The Hall–Kier alpha value is -2.23. The van der Waals surface area contributed by atoms with E-state index < -0.39 is 15.6 Å². The summed E-state index contributed by atoms with van der Waals surface area (Å²) in [6.45, 7) is 8.63. The van der Waals surface area contributed by atoms with E-state index in [0.29, 0.717) is 30.3 Å². The van der Waals surface area contributed by atoms with Gasteiger partial charge in [0.25, 0.3) is 15.6 Å². The summed E-state index contributed by atoms with van der Waals surface area (Å²) in [6.07, 6.45) is 0. The molecule has 2 aromatic heterocycles. The molecule has 4 rings (SSSR count). The van der Waals surface area contributed by atoms with Gasteiger partial charge in [0.15, 0.2) is 9.86 Å². The first-order valence-electron chi connectivity index (χ1n) is 9.51. The molecule has 3 aromatic rings. The summed E-state index contributed by atoms with van der Waals surface area (Å²) in [5.74, 6) is 0. The molecule has 0 unspecified atom stereocenters. The highest BCUT2D eigenvalue weighted by molar-refractivity contribution is 7.89. The number of anilines is 1. The Kier molecular flexibility index (Phi) is 5.00. The topological polar surface area (TPSA) is 75.0 Å². The van der Waals surface area contributed by atoms with E-state index >= 15 is 0 Å². The molecule has 3 heterocycles. The summed E-state index contributed by atoms with van der Waals surface area (Å²) >= 11 is 1.33. The van der Waals surface area contributed by atoms with Crippen LogP contribution in [-0.2, 0) is 10.0 Å². The van der Waals surface area contributed by atoms with Crippen molar-refractivity contribution in [3.63, 3.8) is 0 Å². The van der Waals surface area contributed by atoms with Crippen molar-refractivity contribution in [3.8, 4) is 0 Å². The van der Waals surface area contributed by atoms with Crippen molar-refractivity contribution in [1.82, 2.24) is 13.7 Å². The minimum absolute atomic E-state index is 0.0111. The van der Waals surface area contributed by atoms with E-state index in [4.69, 9.17) is 0 Å². The molecule has 0 saturated carbocycles. The lowest BCUT2D eigenvalue weighted by molar-refractivity contribution is 0.342. The maximum absolute atomic E-state index is 13.4. The van der Waals surface area contributed by atoms with Crippen LogP contribution in [0.25, 0.3) is 4.96 Å². The molecule has 0 bridgehead atoms. The Morgan fingerprint density at radius 1 is 1.17 bits per heavy atom. The summed E-state index contributed by atoms with van der Waals surface area (Å²) in [4.78, 5) is 19.9. The smallest absolute Gasteiger partial charge is 0.279 e. The lowest BCUT2D eigenvalue weighted by atomic mass is 10.1. The molecule has 1 aliphatic heterocycles. The first kappa shape index (κ1) is 20.1. The molecule has 1 atom stereocenters. The van der Waals surface area contributed by atoms with Crippen LogP contribution in [0, 0.1) is 20.8 Å². The van der Waals surface area contributed by atoms with Crippen LogP contribution < -0.4 is 10.5 Å². The second-order valence-corrected chi connectivity index (χ2v) is 10.3. The number of sulfonamides is 1. The predicted molar refractivity (Wildman–Crippen MR) is 116 cm³/mol. The average Bonchev–Trinajstić information content (AvgIpc) is 3.02. The van der Waals surface area contributed by atoms with Gasteiger partial charge in [0.2, 0.25) is 0 Å². The summed E-state index contributed by atoms with van der Waals surface area (Å²) < 4.78 is 29.6.